The summed E-state index contributed by atoms with van der Waals surface area (Å²) >= 11 is 0. The minimum Gasteiger partial charge on any atom is -0.370 e. The van der Waals surface area contributed by atoms with E-state index in [0.29, 0.717) is 0 Å². The summed E-state index contributed by atoms with van der Waals surface area (Å²) in [7, 11) is 0. The first-order valence-corrected chi connectivity index (χ1v) is 6.76. The van der Waals surface area contributed by atoms with Gasteiger partial charge in [-0.1, -0.05) is 44.7 Å². The van der Waals surface area contributed by atoms with Crippen molar-refractivity contribution in [2.45, 2.75) is 34.6 Å². The van der Waals surface area contributed by atoms with Gasteiger partial charge in [0.15, 0.2) is 0 Å². The van der Waals surface area contributed by atoms with Crippen LogP contribution in [0.25, 0.3) is 5.57 Å². The van der Waals surface area contributed by atoms with Gasteiger partial charge in [0.1, 0.15) is 11.6 Å². The van der Waals surface area contributed by atoms with Crippen LogP contribution in [0.4, 0.5) is 5.82 Å². The Balaban J connectivity index is 0.00000154. The summed E-state index contributed by atoms with van der Waals surface area (Å²) in [6.07, 6.45) is 7.70. The lowest BCUT2D eigenvalue weighted by Crippen LogP contribution is -2.03. The summed E-state index contributed by atoms with van der Waals surface area (Å²) in [4.78, 5) is 8.76. The first-order chi connectivity index (χ1) is 9.21. The van der Waals surface area contributed by atoms with Gasteiger partial charge in [-0.3, -0.25) is 0 Å². The monoisotopic (exact) mass is 259 g/mol. The molecule has 0 radical (unpaired) electrons. The van der Waals surface area contributed by atoms with Gasteiger partial charge < -0.3 is 5.32 Å². The zero-order chi connectivity index (χ0) is 14.7. The molecule has 0 aliphatic heterocycles. The molecule has 1 aromatic rings. The molecule has 3 heteroatoms. The Hall–Kier alpha value is -1.90. The van der Waals surface area contributed by atoms with Gasteiger partial charge in [-0.15, -0.1) is 0 Å². The fraction of sp³-hybridized carbons (Fsp3) is 0.375. The zero-order valence-electron chi connectivity index (χ0n) is 12.7. The number of hydrogen-bond acceptors (Lipinski definition) is 3. The van der Waals surface area contributed by atoms with Crippen LogP contribution in [0.15, 0.2) is 36.9 Å². The second-order valence-corrected chi connectivity index (χ2v) is 3.57. The van der Waals surface area contributed by atoms with E-state index in [1.165, 1.54) is 0 Å². The molecule has 0 saturated heterocycles. The first kappa shape index (κ1) is 17.1. The maximum atomic E-state index is 4.44. The Morgan fingerprint density at radius 1 is 1.37 bits per heavy atom. The third-order valence-electron chi connectivity index (χ3n) is 2.14. The number of anilines is 1. The molecule has 0 aromatic carbocycles. The standard InChI is InChI=1S/C14H19N3.C2H6/c1-5-8-12(9-6-2)13-10-14(15-7-3)17-11(4)16-13;1-2/h5-6,8-10H,1,7H2,2-4H3,(H,15,16,17);1-2H3/b9-6-,12-8+;. The van der Waals surface area contributed by atoms with E-state index in [9.17, 15) is 0 Å². The normalized spacial score (nSPS) is 10.9. The van der Waals surface area contributed by atoms with E-state index in [1.807, 2.05) is 58.9 Å². The number of nitrogens with zero attached hydrogens (tertiary/aromatic N) is 2. The van der Waals surface area contributed by atoms with Crippen molar-refractivity contribution in [1.29, 1.82) is 0 Å². The number of hydrogen-bond donors (Lipinski definition) is 1. The Bertz CT molecular complexity index is 445. The highest BCUT2D eigenvalue weighted by Gasteiger charge is 2.03. The van der Waals surface area contributed by atoms with Crippen LogP contribution in [0.2, 0.25) is 0 Å². The third-order valence-corrected chi connectivity index (χ3v) is 2.14. The van der Waals surface area contributed by atoms with Gasteiger partial charge >= 0.3 is 0 Å². The minimum atomic E-state index is 0.762. The molecule has 0 amide bonds. The summed E-state index contributed by atoms with van der Waals surface area (Å²) in [6, 6.07) is 1.95. The fourth-order valence-electron chi connectivity index (χ4n) is 1.52. The molecular weight excluding hydrogens is 234 g/mol. The van der Waals surface area contributed by atoms with Gasteiger partial charge in [-0.2, -0.15) is 0 Å². The molecule has 0 atom stereocenters. The second kappa shape index (κ2) is 10.1. The summed E-state index contributed by atoms with van der Waals surface area (Å²) in [5.41, 5.74) is 1.94. The predicted octanol–water partition coefficient (Wildman–Crippen LogP) is 4.39. The average molecular weight is 259 g/mol. The maximum Gasteiger partial charge on any atom is 0.130 e. The Morgan fingerprint density at radius 3 is 2.58 bits per heavy atom. The molecule has 19 heavy (non-hydrogen) atoms. The Morgan fingerprint density at radius 2 is 2.05 bits per heavy atom. The summed E-state index contributed by atoms with van der Waals surface area (Å²) < 4.78 is 0. The fourth-order valence-corrected chi connectivity index (χ4v) is 1.52. The average Bonchev–Trinajstić information content (AvgIpc) is 2.40. The quantitative estimate of drug-likeness (QED) is 0.797. The highest BCUT2D eigenvalue weighted by atomic mass is 15.0. The van der Waals surface area contributed by atoms with E-state index in [4.69, 9.17) is 0 Å². The molecule has 1 N–H and O–H groups in total. The molecular formula is C16H25N3. The lowest BCUT2D eigenvalue weighted by Gasteiger charge is -2.07. The molecule has 3 nitrogen and oxygen atoms in total. The Kier molecular flexibility index (Phi) is 9.06. The molecule has 104 valence electrons. The van der Waals surface area contributed by atoms with E-state index in [1.54, 1.807) is 6.08 Å². The summed E-state index contributed by atoms with van der Waals surface area (Å²) in [5, 5.41) is 3.20. The highest BCUT2D eigenvalue weighted by molar-refractivity contribution is 5.74. The summed E-state index contributed by atoms with van der Waals surface area (Å²) in [6.45, 7) is 14.5. The topological polar surface area (TPSA) is 37.8 Å². The molecule has 1 rings (SSSR count). The van der Waals surface area contributed by atoms with Crippen molar-refractivity contribution in [3.8, 4) is 0 Å². The number of aromatic nitrogens is 2. The van der Waals surface area contributed by atoms with Crippen LogP contribution < -0.4 is 5.32 Å². The van der Waals surface area contributed by atoms with Gasteiger partial charge in [0.25, 0.3) is 0 Å². The molecule has 1 aromatic heterocycles. The van der Waals surface area contributed by atoms with Crippen LogP contribution in [-0.2, 0) is 0 Å². The molecule has 0 fully saturated rings. The zero-order valence-corrected chi connectivity index (χ0v) is 12.7. The van der Waals surface area contributed by atoms with Crippen LogP contribution in [-0.4, -0.2) is 16.5 Å². The molecule has 0 unspecified atom stereocenters. The largest absolute Gasteiger partial charge is 0.370 e. The highest BCUT2D eigenvalue weighted by Crippen LogP contribution is 2.17. The van der Waals surface area contributed by atoms with Crippen molar-refractivity contribution in [2.24, 2.45) is 0 Å². The molecule has 0 aliphatic rings. The van der Waals surface area contributed by atoms with Crippen molar-refractivity contribution in [3.05, 3.63) is 48.5 Å². The van der Waals surface area contributed by atoms with Gasteiger partial charge in [-0.05, 0) is 26.3 Å². The van der Waals surface area contributed by atoms with E-state index in [0.717, 1.165) is 29.5 Å². The van der Waals surface area contributed by atoms with Crippen molar-refractivity contribution in [1.82, 2.24) is 9.97 Å². The minimum absolute atomic E-state index is 0.762. The van der Waals surface area contributed by atoms with Crippen LogP contribution >= 0.6 is 0 Å². The van der Waals surface area contributed by atoms with Crippen LogP contribution in [0, 0.1) is 6.92 Å². The van der Waals surface area contributed by atoms with E-state index >= 15 is 0 Å². The lowest BCUT2D eigenvalue weighted by atomic mass is 10.1. The predicted molar refractivity (Wildman–Crippen MR) is 85.3 cm³/mol. The molecule has 1 heterocycles. The lowest BCUT2D eigenvalue weighted by molar-refractivity contribution is 1.02. The van der Waals surface area contributed by atoms with Crippen molar-refractivity contribution >= 4 is 11.4 Å². The molecule has 0 saturated carbocycles. The Labute approximate surface area is 117 Å². The van der Waals surface area contributed by atoms with Crippen LogP contribution in [0.5, 0.6) is 0 Å². The van der Waals surface area contributed by atoms with Gasteiger partial charge in [-0.25, -0.2) is 9.97 Å². The van der Waals surface area contributed by atoms with Crippen molar-refractivity contribution < 1.29 is 0 Å². The second-order valence-electron chi connectivity index (χ2n) is 3.57. The van der Waals surface area contributed by atoms with Gasteiger partial charge in [0.05, 0.1) is 5.69 Å². The van der Waals surface area contributed by atoms with Gasteiger partial charge in [0.2, 0.25) is 0 Å². The maximum absolute atomic E-state index is 4.44. The smallest absolute Gasteiger partial charge is 0.130 e. The SMILES string of the molecule is C=C/C=C(\C=C/C)c1cc(NCC)nc(C)n1.CC. The number of allylic oxidation sites excluding steroid dienone is 5. The van der Waals surface area contributed by atoms with Gasteiger partial charge in [0, 0.05) is 12.6 Å². The van der Waals surface area contributed by atoms with E-state index in [-0.39, 0.29) is 0 Å². The van der Waals surface area contributed by atoms with Crippen LogP contribution in [0.1, 0.15) is 39.2 Å². The third kappa shape index (κ3) is 6.00. The van der Waals surface area contributed by atoms with Crippen LogP contribution in [0.3, 0.4) is 0 Å². The number of nitrogens with one attached hydrogen (secondary N) is 1. The first-order valence-electron chi connectivity index (χ1n) is 6.76. The van der Waals surface area contributed by atoms with Crippen molar-refractivity contribution in [2.75, 3.05) is 11.9 Å². The number of rotatable bonds is 5. The molecule has 0 bridgehead atoms. The van der Waals surface area contributed by atoms with Crippen molar-refractivity contribution in [3.63, 3.8) is 0 Å². The molecule has 0 aliphatic carbocycles. The summed E-state index contributed by atoms with van der Waals surface area (Å²) in [5.74, 6) is 1.62. The van der Waals surface area contributed by atoms with E-state index in [2.05, 4.69) is 21.9 Å². The number of aryl methyl sites for hydroxylation is 1. The van der Waals surface area contributed by atoms with E-state index < -0.39 is 0 Å². The molecule has 0 spiro atoms.